The molecule has 27 unspecified atom stereocenters. The Bertz CT molecular complexity index is 1550. The maximum atomic E-state index is 11.8. The van der Waals surface area contributed by atoms with E-state index in [1.165, 1.54) is 45.4 Å². The molecule has 0 amide bonds. The van der Waals surface area contributed by atoms with Crippen LogP contribution in [0.5, 0.6) is 0 Å². The summed E-state index contributed by atoms with van der Waals surface area (Å²) in [4.78, 5) is 0. The zero-order valence-electron chi connectivity index (χ0n) is 37.5. The average molecular weight is 884 g/mol. The second-order valence-corrected chi connectivity index (χ2v) is 22.0. The molecule has 0 aromatic rings. The summed E-state index contributed by atoms with van der Waals surface area (Å²) >= 11 is 0. The Labute approximate surface area is 366 Å². The summed E-state index contributed by atoms with van der Waals surface area (Å²) in [5.41, 5.74) is 0.388. The van der Waals surface area contributed by atoms with Crippen molar-refractivity contribution in [1.82, 2.24) is 5.32 Å². The van der Waals surface area contributed by atoms with Gasteiger partial charge in [-0.2, -0.15) is 0 Å². The molecule has 16 nitrogen and oxygen atoms in total. The molecule has 0 bridgehead atoms. The van der Waals surface area contributed by atoms with Gasteiger partial charge in [-0.05, 0) is 117 Å². The highest BCUT2D eigenvalue weighted by atomic mass is 16.8. The molecule has 9 N–H and O–H groups in total. The van der Waals surface area contributed by atoms with Crippen molar-refractivity contribution in [3.05, 3.63) is 0 Å². The average Bonchev–Trinajstić information content (AvgIpc) is 3.70. The molecule has 9 fully saturated rings. The molecule has 356 valence electrons. The monoisotopic (exact) mass is 884 g/mol. The van der Waals surface area contributed by atoms with Gasteiger partial charge in [0, 0.05) is 18.4 Å². The number of fused-ring (bicyclic) bond motifs is 7. The number of hydrogen-bond donors (Lipinski definition) is 9. The van der Waals surface area contributed by atoms with Crippen molar-refractivity contribution >= 4 is 0 Å². The van der Waals surface area contributed by atoms with Crippen LogP contribution in [0.3, 0.4) is 0 Å². The van der Waals surface area contributed by atoms with Crippen molar-refractivity contribution in [2.24, 2.45) is 58.2 Å². The summed E-state index contributed by atoms with van der Waals surface area (Å²) < 4.78 is 43.8. The van der Waals surface area contributed by atoms with Crippen LogP contribution < -0.4 is 5.32 Å². The first-order valence-corrected chi connectivity index (χ1v) is 24.1. The standard InChI is InChI=1S/C46H77NO15/c1-20-9-14-46(47-17-20)22(3)32-29(62-46)16-28-26-8-7-24-15-25(10-12-44(24,5)27(26)11-13-45(28,32)6)57-41-21(2)33(50)39(31(19-49)59-41)60-43-40(37(54)34(51)23(4)56-43)61-42-38(55)36(53)35(52)30(18-48)58-42/h20-43,47-55H,7-19H2,1-6H3. The highest BCUT2D eigenvalue weighted by Gasteiger charge is 2.69. The summed E-state index contributed by atoms with van der Waals surface area (Å²) in [5.74, 6) is 3.83. The Hall–Kier alpha value is -0.640. The highest BCUT2D eigenvalue weighted by molar-refractivity contribution is 5.16. The molecule has 4 saturated carbocycles. The van der Waals surface area contributed by atoms with Gasteiger partial charge in [0.05, 0.1) is 37.6 Å². The van der Waals surface area contributed by atoms with Gasteiger partial charge in [0.15, 0.2) is 18.9 Å². The molecule has 62 heavy (non-hydrogen) atoms. The van der Waals surface area contributed by atoms with Gasteiger partial charge in [0.25, 0.3) is 0 Å². The molecule has 4 aliphatic carbocycles. The van der Waals surface area contributed by atoms with Gasteiger partial charge in [-0.15, -0.1) is 0 Å². The first kappa shape index (κ1) is 46.5. The fraction of sp³-hybridized carbons (Fsp3) is 1.00. The number of aliphatic hydroxyl groups is 8. The smallest absolute Gasteiger partial charge is 0.187 e. The summed E-state index contributed by atoms with van der Waals surface area (Å²) in [6.07, 6.45) is -7.86. The summed E-state index contributed by atoms with van der Waals surface area (Å²) in [7, 11) is 0. The van der Waals surface area contributed by atoms with E-state index in [2.05, 4.69) is 33.0 Å². The largest absolute Gasteiger partial charge is 0.394 e. The van der Waals surface area contributed by atoms with Crippen LogP contribution in [0, 0.1) is 58.2 Å². The van der Waals surface area contributed by atoms with E-state index in [0.717, 1.165) is 32.2 Å². The predicted octanol–water partition coefficient (Wildman–Crippen LogP) is 1.14. The predicted molar refractivity (Wildman–Crippen MR) is 219 cm³/mol. The SMILES string of the molecule is CC1CCC2(NC1)OC1CC3C4CCC5CC(OC6OC(CO)C(OC7OC(C)C(O)C(O)C7OC7OC(CO)C(O)C(O)C7O)C(O)C6C)CCC5(C)C4CCC3(C)C1C2C. The van der Waals surface area contributed by atoms with Crippen LogP contribution in [-0.2, 0) is 33.2 Å². The molecule has 5 saturated heterocycles. The van der Waals surface area contributed by atoms with E-state index in [4.69, 9.17) is 33.2 Å². The van der Waals surface area contributed by atoms with E-state index in [0.29, 0.717) is 52.9 Å². The molecule has 9 aliphatic rings. The third-order valence-corrected chi connectivity index (χ3v) is 18.8. The van der Waals surface area contributed by atoms with Crippen molar-refractivity contribution in [3.63, 3.8) is 0 Å². The molecule has 16 heteroatoms. The Morgan fingerprint density at radius 3 is 2.03 bits per heavy atom. The van der Waals surface area contributed by atoms with Crippen LogP contribution in [0.4, 0.5) is 0 Å². The summed E-state index contributed by atoms with van der Waals surface area (Å²) in [5, 5.41) is 89.0. The molecule has 27 atom stereocenters. The third kappa shape index (κ3) is 7.58. The van der Waals surface area contributed by atoms with Crippen molar-refractivity contribution in [2.45, 2.75) is 210 Å². The Kier molecular flexibility index (Phi) is 13.1. The van der Waals surface area contributed by atoms with Crippen LogP contribution in [0.25, 0.3) is 0 Å². The highest BCUT2D eigenvalue weighted by Crippen LogP contribution is 2.71. The number of ether oxygens (including phenoxy) is 7. The molecule has 1 spiro atoms. The second-order valence-electron chi connectivity index (χ2n) is 22.0. The van der Waals surface area contributed by atoms with E-state index in [-0.39, 0.29) is 17.2 Å². The van der Waals surface area contributed by atoms with Gasteiger partial charge in [-0.1, -0.05) is 34.6 Å². The van der Waals surface area contributed by atoms with E-state index in [1.54, 1.807) is 6.92 Å². The Morgan fingerprint density at radius 2 is 1.32 bits per heavy atom. The number of rotatable bonds is 8. The fourth-order valence-electron chi connectivity index (χ4n) is 15.0. The summed E-state index contributed by atoms with van der Waals surface area (Å²) in [6, 6.07) is 0. The van der Waals surface area contributed by atoms with E-state index in [9.17, 15) is 40.9 Å². The molecule has 5 aliphatic heterocycles. The second kappa shape index (κ2) is 17.5. The van der Waals surface area contributed by atoms with Crippen molar-refractivity contribution in [3.8, 4) is 0 Å². The first-order chi connectivity index (χ1) is 29.4. The van der Waals surface area contributed by atoms with Crippen LogP contribution in [0.1, 0.15) is 106 Å². The lowest BCUT2D eigenvalue weighted by Crippen LogP contribution is -2.65. The first-order valence-electron chi connectivity index (χ1n) is 24.1. The Morgan fingerprint density at radius 1 is 0.613 bits per heavy atom. The minimum Gasteiger partial charge on any atom is -0.394 e. The number of nitrogens with one attached hydrogen (secondary N) is 1. The van der Waals surface area contributed by atoms with E-state index >= 15 is 0 Å². The van der Waals surface area contributed by atoms with E-state index in [1.807, 2.05) is 0 Å². The van der Waals surface area contributed by atoms with Gasteiger partial charge < -0.3 is 74.0 Å². The van der Waals surface area contributed by atoms with Crippen LogP contribution in [0.15, 0.2) is 0 Å². The molecular weight excluding hydrogens is 806 g/mol. The number of piperidine rings is 1. The minimum absolute atomic E-state index is 0.0765. The van der Waals surface area contributed by atoms with Gasteiger partial charge in [0.1, 0.15) is 60.7 Å². The molecule has 0 radical (unpaired) electrons. The molecule has 5 heterocycles. The topological polar surface area (TPSA) is 238 Å². The van der Waals surface area contributed by atoms with Gasteiger partial charge >= 0.3 is 0 Å². The molecule has 9 rings (SSSR count). The lowest BCUT2D eigenvalue weighted by Gasteiger charge is -2.61. The normalized spacial score (nSPS) is 58.9. The van der Waals surface area contributed by atoms with Crippen LogP contribution >= 0.6 is 0 Å². The summed E-state index contributed by atoms with van der Waals surface area (Å²) in [6.45, 7) is 13.1. The zero-order chi connectivity index (χ0) is 44.2. The molecule has 0 aromatic carbocycles. The molecule has 0 aromatic heterocycles. The number of hydrogen-bond acceptors (Lipinski definition) is 16. The van der Waals surface area contributed by atoms with Crippen LogP contribution in [0.2, 0.25) is 0 Å². The molecular formula is C46H77NO15. The Balaban J connectivity index is 0.828. The quantitative estimate of drug-likeness (QED) is 0.156. The van der Waals surface area contributed by atoms with Crippen LogP contribution in [-0.4, -0.2) is 165 Å². The van der Waals surface area contributed by atoms with Crippen molar-refractivity contribution in [2.75, 3.05) is 19.8 Å². The maximum Gasteiger partial charge on any atom is 0.187 e. The minimum atomic E-state index is -1.79. The van der Waals surface area contributed by atoms with Crippen molar-refractivity contribution < 1.29 is 74.0 Å². The van der Waals surface area contributed by atoms with Crippen molar-refractivity contribution in [1.29, 1.82) is 0 Å². The lowest BCUT2D eigenvalue weighted by molar-refractivity contribution is -0.385. The van der Waals surface area contributed by atoms with Gasteiger partial charge in [-0.25, -0.2) is 0 Å². The zero-order valence-corrected chi connectivity index (χ0v) is 37.5. The lowest BCUT2D eigenvalue weighted by atomic mass is 9.44. The fourth-order valence-corrected chi connectivity index (χ4v) is 15.0. The third-order valence-electron chi connectivity index (χ3n) is 18.8. The van der Waals surface area contributed by atoms with Gasteiger partial charge in [0.2, 0.25) is 0 Å². The van der Waals surface area contributed by atoms with E-state index < -0.39 is 105 Å². The van der Waals surface area contributed by atoms with Gasteiger partial charge in [-0.3, -0.25) is 5.32 Å². The number of aliphatic hydroxyl groups excluding tert-OH is 8. The maximum absolute atomic E-state index is 11.8.